The summed E-state index contributed by atoms with van der Waals surface area (Å²) >= 11 is 0. The molecule has 0 fully saturated rings. The third-order valence-electron chi connectivity index (χ3n) is 2.99. The van der Waals surface area contributed by atoms with Crippen LogP contribution in [0.3, 0.4) is 0 Å². The van der Waals surface area contributed by atoms with Gasteiger partial charge in [0, 0.05) is 17.2 Å². The molecule has 1 aromatic rings. The van der Waals surface area contributed by atoms with Gasteiger partial charge in [0.05, 0.1) is 18.2 Å². The van der Waals surface area contributed by atoms with Gasteiger partial charge in [0.2, 0.25) is 5.91 Å². The zero-order valence-corrected chi connectivity index (χ0v) is 13.3. The van der Waals surface area contributed by atoms with Gasteiger partial charge in [-0.25, -0.2) is 4.79 Å². The molecule has 0 unspecified atom stereocenters. The number of hydrogen-bond donors (Lipinski definition) is 2. The van der Waals surface area contributed by atoms with E-state index in [-0.39, 0.29) is 35.3 Å². The molecule has 0 spiro atoms. The first-order chi connectivity index (χ1) is 10.3. The molecule has 0 heterocycles. The second-order valence-electron chi connectivity index (χ2n) is 5.28. The van der Waals surface area contributed by atoms with E-state index in [1.807, 2.05) is 0 Å². The van der Waals surface area contributed by atoms with Crippen molar-refractivity contribution in [1.82, 2.24) is 0 Å². The molecule has 0 saturated heterocycles. The van der Waals surface area contributed by atoms with Gasteiger partial charge in [-0.3, -0.25) is 9.59 Å². The Morgan fingerprint density at radius 1 is 1.18 bits per heavy atom. The molecule has 6 heteroatoms. The molecule has 0 bridgehead atoms. The van der Waals surface area contributed by atoms with E-state index in [1.165, 1.54) is 12.1 Å². The number of nitrogens with two attached hydrogens (primary N) is 1. The minimum atomic E-state index is -0.672. The molecule has 22 heavy (non-hydrogen) atoms. The fourth-order valence-electron chi connectivity index (χ4n) is 1.78. The van der Waals surface area contributed by atoms with E-state index in [9.17, 15) is 14.4 Å². The monoisotopic (exact) mass is 306 g/mol. The van der Waals surface area contributed by atoms with Crippen LogP contribution in [0.25, 0.3) is 0 Å². The third kappa shape index (κ3) is 4.39. The van der Waals surface area contributed by atoms with Crippen LogP contribution in [0.1, 0.15) is 48.4 Å². The number of anilines is 1. The lowest BCUT2D eigenvalue weighted by atomic mass is 9.95. The Morgan fingerprint density at radius 3 is 2.32 bits per heavy atom. The molecule has 0 aromatic heterocycles. The predicted octanol–water partition coefficient (Wildman–Crippen LogP) is 1.99. The molecule has 1 atom stereocenters. The van der Waals surface area contributed by atoms with E-state index in [1.54, 1.807) is 33.8 Å². The van der Waals surface area contributed by atoms with Gasteiger partial charge in [0.25, 0.3) is 0 Å². The number of nitrogens with one attached hydrogen (secondary N) is 1. The number of amides is 1. The summed E-state index contributed by atoms with van der Waals surface area (Å²) < 4.78 is 4.96. The first-order valence-corrected chi connectivity index (χ1v) is 7.19. The second-order valence-corrected chi connectivity index (χ2v) is 5.28. The van der Waals surface area contributed by atoms with E-state index in [0.717, 1.165) is 0 Å². The Morgan fingerprint density at radius 2 is 1.82 bits per heavy atom. The number of rotatable bonds is 6. The highest BCUT2D eigenvalue weighted by Crippen LogP contribution is 2.20. The number of esters is 1. The van der Waals surface area contributed by atoms with Gasteiger partial charge in [0.1, 0.15) is 0 Å². The molecule has 0 aliphatic rings. The summed E-state index contributed by atoms with van der Waals surface area (Å²) in [5.41, 5.74) is 6.34. The van der Waals surface area contributed by atoms with Crippen LogP contribution in [0.2, 0.25) is 0 Å². The lowest BCUT2D eigenvalue weighted by Crippen LogP contribution is -2.32. The number of benzene rings is 1. The SMILES string of the molecule is CCOC(=O)c1ccc(NC(=O)[C@H](C)N)cc1C(=O)C(C)C. The molecule has 120 valence electrons. The summed E-state index contributed by atoms with van der Waals surface area (Å²) in [5, 5.41) is 2.61. The summed E-state index contributed by atoms with van der Waals surface area (Å²) in [4.78, 5) is 35.9. The van der Waals surface area contributed by atoms with Crippen molar-refractivity contribution in [1.29, 1.82) is 0 Å². The molecule has 0 radical (unpaired) electrons. The summed E-state index contributed by atoms with van der Waals surface area (Å²) in [5.74, 6) is -1.41. The average molecular weight is 306 g/mol. The van der Waals surface area contributed by atoms with Gasteiger partial charge in [0.15, 0.2) is 5.78 Å². The van der Waals surface area contributed by atoms with Crippen molar-refractivity contribution in [2.45, 2.75) is 33.7 Å². The van der Waals surface area contributed by atoms with Crippen LogP contribution >= 0.6 is 0 Å². The largest absolute Gasteiger partial charge is 0.462 e. The van der Waals surface area contributed by atoms with Crippen LogP contribution in [0.15, 0.2) is 18.2 Å². The van der Waals surface area contributed by atoms with E-state index in [4.69, 9.17) is 10.5 Å². The van der Waals surface area contributed by atoms with Crippen LogP contribution in [-0.2, 0) is 9.53 Å². The molecule has 1 amide bonds. The molecule has 0 aliphatic carbocycles. The summed E-state index contributed by atoms with van der Waals surface area (Å²) in [6, 6.07) is 3.83. The zero-order chi connectivity index (χ0) is 16.9. The van der Waals surface area contributed by atoms with Gasteiger partial charge in [-0.2, -0.15) is 0 Å². The number of carbonyl (C=O) groups is 3. The van der Waals surface area contributed by atoms with Crippen molar-refractivity contribution in [3.05, 3.63) is 29.3 Å². The molecule has 1 rings (SSSR count). The van der Waals surface area contributed by atoms with Crippen LogP contribution in [0.5, 0.6) is 0 Å². The fraction of sp³-hybridized carbons (Fsp3) is 0.438. The lowest BCUT2D eigenvalue weighted by Gasteiger charge is -2.13. The average Bonchev–Trinajstić information content (AvgIpc) is 2.46. The van der Waals surface area contributed by atoms with Crippen molar-refractivity contribution in [3.63, 3.8) is 0 Å². The van der Waals surface area contributed by atoms with Crippen LogP contribution in [0.4, 0.5) is 5.69 Å². The highest BCUT2D eigenvalue weighted by atomic mass is 16.5. The number of Topliss-reactive ketones (excluding diaryl/α,β-unsaturated/α-hetero) is 1. The first kappa shape index (κ1) is 17.8. The topological polar surface area (TPSA) is 98.5 Å². The second kappa shape index (κ2) is 7.70. The third-order valence-corrected chi connectivity index (χ3v) is 2.99. The number of ketones is 1. The maximum atomic E-state index is 12.3. The Balaban J connectivity index is 3.22. The van der Waals surface area contributed by atoms with Crippen molar-refractivity contribution in [2.75, 3.05) is 11.9 Å². The maximum Gasteiger partial charge on any atom is 0.338 e. The van der Waals surface area contributed by atoms with E-state index >= 15 is 0 Å². The predicted molar refractivity (Wildman–Crippen MR) is 83.8 cm³/mol. The van der Waals surface area contributed by atoms with Crippen molar-refractivity contribution >= 4 is 23.3 Å². The van der Waals surface area contributed by atoms with Crippen LogP contribution in [0, 0.1) is 5.92 Å². The van der Waals surface area contributed by atoms with Crippen molar-refractivity contribution in [2.24, 2.45) is 11.7 Å². The number of carbonyl (C=O) groups excluding carboxylic acids is 3. The number of ether oxygens (including phenoxy) is 1. The maximum absolute atomic E-state index is 12.3. The smallest absolute Gasteiger partial charge is 0.338 e. The van der Waals surface area contributed by atoms with Crippen molar-refractivity contribution < 1.29 is 19.1 Å². The van der Waals surface area contributed by atoms with Gasteiger partial charge in [-0.15, -0.1) is 0 Å². The van der Waals surface area contributed by atoms with E-state index < -0.39 is 12.0 Å². The fourth-order valence-corrected chi connectivity index (χ4v) is 1.78. The van der Waals surface area contributed by atoms with Crippen LogP contribution < -0.4 is 11.1 Å². The Kier molecular flexibility index (Phi) is 6.24. The first-order valence-electron chi connectivity index (χ1n) is 7.19. The minimum Gasteiger partial charge on any atom is -0.462 e. The molecule has 1 aromatic carbocycles. The Labute approximate surface area is 130 Å². The summed E-state index contributed by atoms with van der Waals surface area (Å²) in [6.45, 7) is 6.95. The molecule has 0 saturated carbocycles. The Bertz CT molecular complexity index is 580. The molecular formula is C16H22N2O4. The van der Waals surface area contributed by atoms with Gasteiger partial charge >= 0.3 is 5.97 Å². The highest BCUT2D eigenvalue weighted by Gasteiger charge is 2.21. The lowest BCUT2D eigenvalue weighted by molar-refractivity contribution is -0.117. The van der Waals surface area contributed by atoms with Crippen molar-refractivity contribution in [3.8, 4) is 0 Å². The zero-order valence-electron chi connectivity index (χ0n) is 13.3. The normalized spacial score (nSPS) is 11.9. The quantitative estimate of drug-likeness (QED) is 0.618. The highest BCUT2D eigenvalue weighted by molar-refractivity contribution is 6.08. The minimum absolute atomic E-state index is 0.194. The molecular weight excluding hydrogens is 284 g/mol. The van der Waals surface area contributed by atoms with Gasteiger partial charge in [-0.05, 0) is 32.0 Å². The number of hydrogen-bond acceptors (Lipinski definition) is 5. The Hall–Kier alpha value is -2.21. The van der Waals surface area contributed by atoms with Gasteiger partial charge in [-0.1, -0.05) is 13.8 Å². The van der Waals surface area contributed by atoms with E-state index in [2.05, 4.69) is 5.32 Å². The van der Waals surface area contributed by atoms with Gasteiger partial charge < -0.3 is 15.8 Å². The standard InChI is InChI=1S/C16H22N2O4/c1-5-22-16(21)12-7-6-11(18-15(20)10(4)17)8-13(12)14(19)9(2)3/h6-10H,5,17H2,1-4H3,(H,18,20)/t10-/m0/s1. The van der Waals surface area contributed by atoms with Crippen LogP contribution in [-0.4, -0.2) is 30.3 Å². The summed E-state index contributed by atoms with van der Waals surface area (Å²) in [6.07, 6.45) is 0. The van der Waals surface area contributed by atoms with E-state index in [0.29, 0.717) is 5.69 Å². The molecule has 0 aliphatic heterocycles. The summed E-state index contributed by atoms with van der Waals surface area (Å²) in [7, 11) is 0. The molecule has 3 N–H and O–H groups in total. The molecule has 6 nitrogen and oxygen atoms in total.